The monoisotopic (exact) mass is 278 g/mol. The molecule has 3 rings (SSSR count). The average molecular weight is 278 g/mol. The SMILES string of the molecule is CON1C(C)(C)C2C(C1(C)C)C2(C#N)N1CCNCC1. The van der Waals surface area contributed by atoms with E-state index in [0.717, 1.165) is 26.2 Å². The highest BCUT2D eigenvalue weighted by Crippen LogP contribution is 2.71. The van der Waals surface area contributed by atoms with Crippen molar-refractivity contribution in [3.05, 3.63) is 0 Å². The molecule has 0 amide bonds. The Morgan fingerprint density at radius 1 is 1.10 bits per heavy atom. The number of rotatable bonds is 2. The van der Waals surface area contributed by atoms with Gasteiger partial charge in [0, 0.05) is 49.1 Å². The fourth-order valence-corrected chi connectivity index (χ4v) is 5.37. The van der Waals surface area contributed by atoms with Crippen LogP contribution in [0.3, 0.4) is 0 Å². The summed E-state index contributed by atoms with van der Waals surface area (Å²) in [5.41, 5.74) is -0.517. The zero-order valence-corrected chi connectivity index (χ0v) is 13.2. The predicted molar refractivity (Wildman–Crippen MR) is 76.8 cm³/mol. The van der Waals surface area contributed by atoms with E-state index < -0.39 is 0 Å². The number of hydrogen-bond donors (Lipinski definition) is 1. The quantitative estimate of drug-likeness (QED) is 0.811. The Morgan fingerprint density at radius 2 is 1.60 bits per heavy atom. The maximum absolute atomic E-state index is 9.97. The van der Waals surface area contributed by atoms with Crippen LogP contribution in [0.25, 0.3) is 0 Å². The number of nitrogens with zero attached hydrogens (tertiary/aromatic N) is 3. The van der Waals surface area contributed by atoms with Gasteiger partial charge < -0.3 is 10.2 Å². The number of nitrogens with one attached hydrogen (secondary N) is 1. The smallest absolute Gasteiger partial charge is 0.119 e. The van der Waals surface area contributed by atoms with Gasteiger partial charge in [0.05, 0.1) is 13.2 Å². The number of fused-ring (bicyclic) bond motifs is 1. The Kier molecular flexibility index (Phi) is 2.98. The van der Waals surface area contributed by atoms with Crippen LogP contribution in [-0.4, -0.2) is 59.9 Å². The molecule has 0 radical (unpaired) electrons. The third kappa shape index (κ3) is 1.46. The van der Waals surface area contributed by atoms with Crippen molar-refractivity contribution in [3.63, 3.8) is 0 Å². The van der Waals surface area contributed by atoms with Crippen molar-refractivity contribution < 1.29 is 4.84 Å². The molecule has 1 N–H and O–H groups in total. The van der Waals surface area contributed by atoms with Crippen LogP contribution in [0.5, 0.6) is 0 Å². The van der Waals surface area contributed by atoms with Crippen molar-refractivity contribution in [1.82, 2.24) is 15.3 Å². The standard InChI is InChI=1S/C15H26N4O/c1-13(2)11-12(14(3,4)19(13)20-5)15(11,10-16)18-8-6-17-7-9-18/h11-12,17H,6-9H2,1-5H3. The largest absolute Gasteiger partial charge is 0.314 e. The zero-order valence-electron chi connectivity index (χ0n) is 13.2. The molecule has 112 valence electrons. The Labute approximate surface area is 121 Å². The lowest BCUT2D eigenvalue weighted by Crippen LogP contribution is -2.60. The van der Waals surface area contributed by atoms with E-state index in [2.05, 4.69) is 49.0 Å². The topological polar surface area (TPSA) is 51.5 Å². The maximum Gasteiger partial charge on any atom is 0.119 e. The average Bonchev–Trinajstić information content (AvgIpc) is 3.08. The van der Waals surface area contributed by atoms with Gasteiger partial charge in [0.2, 0.25) is 0 Å². The molecular weight excluding hydrogens is 252 g/mol. The van der Waals surface area contributed by atoms with Crippen molar-refractivity contribution >= 4 is 0 Å². The molecule has 0 aromatic carbocycles. The molecule has 2 heterocycles. The van der Waals surface area contributed by atoms with Crippen molar-refractivity contribution in [1.29, 1.82) is 5.26 Å². The molecule has 20 heavy (non-hydrogen) atoms. The predicted octanol–water partition coefficient (Wildman–Crippen LogP) is 0.834. The molecule has 0 bridgehead atoms. The minimum atomic E-state index is -0.301. The van der Waals surface area contributed by atoms with Crippen LogP contribution < -0.4 is 5.32 Å². The van der Waals surface area contributed by atoms with Gasteiger partial charge in [0.1, 0.15) is 5.54 Å². The van der Waals surface area contributed by atoms with Crippen molar-refractivity contribution in [2.75, 3.05) is 33.3 Å². The highest BCUT2D eigenvalue weighted by Gasteiger charge is 2.84. The van der Waals surface area contributed by atoms with Crippen LogP contribution in [0.2, 0.25) is 0 Å². The second-order valence-corrected chi connectivity index (χ2v) is 7.41. The second-order valence-electron chi connectivity index (χ2n) is 7.41. The molecular formula is C15H26N4O. The number of nitriles is 1. The minimum absolute atomic E-state index is 0.108. The van der Waals surface area contributed by atoms with Gasteiger partial charge >= 0.3 is 0 Å². The van der Waals surface area contributed by atoms with Crippen LogP contribution in [0.1, 0.15) is 27.7 Å². The number of piperazine rings is 1. The van der Waals surface area contributed by atoms with Gasteiger partial charge in [0.25, 0.3) is 0 Å². The Bertz CT molecular complexity index is 425. The van der Waals surface area contributed by atoms with E-state index in [-0.39, 0.29) is 16.6 Å². The first-order chi connectivity index (χ1) is 9.35. The molecule has 2 unspecified atom stereocenters. The third-order valence-corrected chi connectivity index (χ3v) is 5.74. The van der Waals surface area contributed by atoms with Crippen LogP contribution in [0.4, 0.5) is 0 Å². The van der Waals surface area contributed by atoms with Gasteiger partial charge in [-0.05, 0) is 27.7 Å². The maximum atomic E-state index is 9.97. The fraction of sp³-hybridized carbons (Fsp3) is 0.933. The van der Waals surface area contributed by atoms with Crippen LogP contribution in [0, 0.1) is 23.2 Å². The summed E-state index contributed by atoms with van der Waals surface area (Å²) in [6.07, 6.45) is 0. The molecule has 5 nitrogen and oxygen atoms in total. The summed E-state index contributed by atoms with van der Waals surface area (Å²) >= 11 is 0. The third-order valence-electron chi connectivity index (χ3n) is 5.74. The normalized spacial score (nSPS) is 43.0. The summed E-state index contributed by atoms with van der Waals surface area (Å²) in [5.74, 6) is 0.709. The van der Waals surface area contributed by atoms with E-state index >= 15 is 0 Å². The van der Waals surface area contributed by atoms with Gasteiger partial charge in [-0.2, -0.15) is 10.3 Å². The first-order valence-corrected chi connectivity index (χ1v) is 7.56. The van der Waals surface area contributed by atoms with Crippen LogP contribution in [0.15, 0.2) is 0 Å². The van der Waals surface area contributed by atoms with Gasteiger partial charge in [-0.25, -0.2) is 0 Å². The van der Waals surface area contributed by atoms with E-state index in [4.69, 9.17) is 4.84 Å². The zero-order chi connectivity index (χ0) is 14.8. The highest BCUT2D eigenvalue weighted by molar-refractivity contribution is 5.42. The van der Waals surface area contributed by atoms with E-state index in [9.17, 15) is 5.26 Å². The van der Waals surface area contributed by atoms with E-state index in [1.165, 1.54) is 0 Å². The molecule has 2 atom stereocenters. The van der Waals surface area contributed by atoms with Gasteiger partial charge in [-0.1, -0.05) is 0 Å². The van der Waals surface area contributed by atoms with Crippen LogP contribution in [-0.2, 0) is 4.84 Å². The lowest BCUT2D eigenvalue weighted by atomic mass is 9.90. The molecule has 5 heteroatoms. The van der Waals surface area contributed by atoms with Crippen molar-refractivity contribution in [2.24, 2.45) is 11.8 Å². The van der Waals surface area contributed by atoms with E-state index in [1.54, 1.807) is 7.11 Å². The fourth-order valence-electron chi connectivity index (χ4n) is 5.37. The molecule has 2 aliphatic heterocycles. The first-order valence-electron chi connectivity index (χ1n) is 7.56. The number of hydrogen-bond acceptors (Lipinski definition) is 5. The summed E-state index contributed by atoms with van der Waals surface area (Å²) in [6.45, 7) is 12.8. The number of hydroxylamine groups is 2. The van der Waals surface area contributed by atoms with Gasteiger partial charge in [-0.3, -0.25) is 4.90 Å². The molecule has 0 aromatic rings. The molecule has 1 saturated carbocycles. The van der Waals surface area contributed by atoms with Crippen molar-refractivity contribution in [2.45, 2.75) is 44.3 Å². The molecule has 2 saturated heterocycles. The Morgan fingerprint density at radius 3 is 2.00 bits per heavy atom. The summed E-state index contributed by atoms with van der Waals surface area (Å²) in [4.78, 5) is 8.07. The summed E-state index contributed by atoms with van der Waals surface area (Å²) in [5, 5.41) is 15.5. The number of piperidine rings is 1. The highest BCUT2D eigenvalue weighted by atomic mass is 16.7. The first kappa shape index (κ1) is 14.3. The minimum Gasteiger partial charge on any atom is -0.314 e. The summed E-state index contributed by atoms with van der Waals surface area (Å²) < 4.78 is 0. The summed E-state index contributed by atoms with van der Waals surface area (Å²) in [6, 6.07) is 2.70. The molecule has 3 aliphatic rings. The molecule has 1 aliphatic carbocycles. The van der Waals surface area contributed by atoms with Gasteiger partial charge in [-0.15, -0.1) is 0 Å². The Balaban J connectivity index is 1.97. The summed E-state index contributed by atoms with van der Waals surface area (Å²) in [7, 11) is 1.74. The lowest BCUT2D eigenvalue weighted by molar-refractivity contribution is -0.240. The van der Waals surface area contributed by atoms with Gasteiger partial charge in [0.15, 0.2) is 0 Å². The second kappa shape index (κ2) is 4.17. The van der Waals surface area contributed by atoms with E-state index in [0.29, 0.717) is 11.8 Å². The Hall–Kier alpha value is -0.670. The van der Waals surface area contributed by atoms with Crippen LogP contribution >= 0.6 is 0 Å². The lowest BCUT2D eigenvalue weighted by Gasteiger charge is -2.47. The molecule has 0 aromatic heterocycles. The molecule has 0 spiro atoms. The van der Waals surface area contributed by atoms with E-state index in [1.807, 2.05) is 0 Å². The van der Waals surface area contributed by atoms with Crippen molar-refractivity contribution in [3.8, 4) is 6.07 Å². The molecule has 3 fully saturated rings.